The molecule has 1 aliphatic heterocycles. The first-order valence-corrected chi connectivity index (χ1v) is 8.96. The van der Waals surface area contributed by atoms with Crippen LogP contribution < -0.4 is 11.1 Å². The van der Waals surface area contributed by atoms with Gasteiger partial charge in [-0.3, -0.25) is 19.3 Å². The number of benzene rings is 1. The lowest BCUT2D eigenvalue weighted by atomic mass is 10.0. The summed E-state index contributed by atoms with van der Waals surface area (Å²) in [5.41, 5.74) is 6.97. The van der Waals surface area contributed by atoms with Crippen molar-refractivity contribution in [3.8, 4) is 0 Å². The first kappa shape index (κ1) is 21.5. The predicted octanol–water partition coefficient (Wildman–Crippen LogP) is 2.41. The number of nitrogens with two attached hydrogens (primary N) is 1. The molecular formula is C17H24ClN3O3S. The Morgan fingerprint density at radius 2 is 2.08 bits per heavy atom. The lowest BCUT2D eigenvalue weighted by Gasteiger charge is -2.19. The molecule has 1 heterocycles. The van der Waals surface area contributed by atoms with Gasteiger partial charge in [0.1, 0.15) is 0 Å². The van der Waals surface area contributed by atoms with Gasteiger partial charge in [-0.2, -0.15) is 0 Å². The second-order valence-corrected chi connectivity index (χ2v) is 7.20. The van der Waals surface area contributed by atoms with Crippen LogP contribution in [0.3, 0.4) is 0 Å². The van der Waals surface area contributed by atoms with E-state index in [-0.39, 0.29) is 47.8 Å². The summed E-state index contributed by atoms with van der Waals surface area (Å²) in [6.45, 7) is 4.74. The fourth-order valence-electron chi connectivity index (χ4n) is 2.58. The fraction of sp³-hybridized carbons (Fsp3) is 0.471. The van der Waals surface area contributed by atoms with Gasteiger partial charge < -0.3 is 11.1 Å². The van der Waals surface area contributed by atoms with Crippen LogP contribution in [0.5, 0.6) is 0 Å². The van der Waals surface area contributed by atoms with Crippen molar-refractivity contribution in [2.45, 2.75) is 32.9 Å². The molecule has 1 atom stereocenters. The van der Waals surface area contributed by atoms with Crippen molar-refractivity contribution in [3.63, 3.8) is 0 Å². The number of nitrogens with zero attached hydrogens (tertiary/aromatic N) is 1. The van der Waals surface area contributed by atoms with Crippen LogP contribution in [-0.4, -0.2) is 40.3 Å². The molecule has 0 spiro atoms. The number of rotatable bonds is 7. The highest BCUT2D eigenvalue weighted by Gasteiger charge is 2.29. The van der Waals surface area contributed by atoms with Crippen LogP contribution in [0.1, 0.15) is 36.2 Å². The van der Waals surface area contributed by atoms with Gasteiger partial charge in [-0.05, 0) is 30.0 Å². The molecule has 0 bridgehead atoms. The largest absolute Gasteiger partial charge is 0.348 e. The number of nitrogens with one attached hydrogen (secondary N) is 1. The number of thioether (sulfide) groups is 1. The van der Waals surface area contributed by atoms with Gasteiger partial charge in [-0.25, -0.2) is 0 Å². The van der Waals surface area contributed by atoms with Crippen molar-refractivity contribution in [1.29, 1.82) is 0 Å². The first-order chi connectivity index (χ1) is 11.4. The minimum Gasteiger partial charge on any atom is -0.348 e. The lowest BCUT2D eigenvalue weighted by molar-refractivity contribution is -0.125. The Balaban J connectivity index is 0.00000312. The van der Waals surface area contributed by atoms with Crippen LogP contribution in [0.2, 0.25) is 0 Å². The highest BCUT2D eigenvalue weighted by Crippen LogP contribution is 2.21. The maximum Gasteiger partial charge on any atom is 0.289 e. The third-order valence-corrected chi connectivity index (χ3v) is 4.60. The van der Waals surface area contributed by atoms with E-state index in [2.05, 4.69) is 19.2 Å². The Labute approximate surface area is 158 Å². The number of imide groups is 1. The molecule has 1 unspecified atom stereocenters. The molecule has 25 heavy (non-hydrogen) atoms. The molecule has 3 N–H and O–H groups in total. The Kier molecular flexibility index (Phi) is 8.41. The molecule has 8 heteroatoms. The molecule has 6 nitrogen and oxygen atoms in total. The number of carbonyl (C=O) groups excluding carboxylic acids is 3. The maximum absolute atomic E-state index is 12.4. The van der Waals surface area contributed by atoms with Gasteiger partial charge in [0, 0.05) is 18.2 Å². The van der Waals surface area contributed by atoms with E-state index in [1.807, 2.05) is 0 Å². The molecule has 2 rings (SSSR count). The summed E-state index contributed by atoms with van der Waals surface area (Å²) >= 11 is 1.00. The molecule has 1 fully saturated rings. The Bertz CT molecular complexity index is 623. The molecule has 0 saturated carbocycles. The standard InChI is InChI=1S/C17H23N3O3S.ClH/c1-11(2)6-14(8-18)19-16(22)13-5-3-4-12(7-13)9-20-15(21)10-24-17(20)23;/h3-5,7,11,14H,6,8-10,18H2,1-2H3,(H,19,22);1H. The number of hydrogen-bond acceptors (Lipinski definition) is 5. The van der Waals surface area contributed by atoms with Crippen LogP contribution >= 0.6 is 24.2 Å². The lowest BCUT2D eigenvalue weighted by Crippen LogP contribution is -2.41. The summed E-state index contributed by atoms with van der Waals surface area (Å²) in [6.07, 6.45) is 0.815. The molecule has 1 aliphatic rings. The van der Waals surface area contributed by atoms with Crippen molar-refractivity contribution in [1.82, 2.24) is 10.2 Å². The van der Waals surface area contributed by atoms with Gasteiger partial charge in [0.25, 0.3) is 11.1 Å². The summed E-state index contributed by atoms with van der Waals surface area (Å²) in [5.74, 6) is 0.239. The van der Waals surface area contributed by atoms with E-state index in [0.29, 0.717) is 18.0 Å². The van der Waals surface area contributed by atoms with E-state index in [0.717, 1.165) is 23.7 Å². The van der Waals surface area contributed by atoms with Gasteiger partial charge in [-0.15, -0.1) is 12.4 Å². The smallest absolute Gasteiger partial charge is 0.289 e. The molecule has 0 aromatic heterocycles. The summed E-state index contributed by atoms with van der Waals surface area (Å²) in [4.78, 5) is 37.0. The van der Waals surface area contributed by atoms with E-state index < -0.39 is 0 Å². The Hall–Kier alpha value is -1.57. The van der Waals surface area contributed by atoms with Gasteiger partial charge in [0.15, 0.2) is 0 Å². The van der Waals surface area contributed by atoms with Crippen LogP contribution in [0.25, 0.3) is 0 Å². The van der Waals surface area contributed by atoms with Crippen LogP contribution in [-0.2, 0) is 11.3 Å². The number of carbonyl (C=O) groups is 3. The molecule has 1 saturated heterocycles. The molecule has 0 aliphatic carbocycles. The predicted molar refractivity (Wildman–Crippen MR) is 102 cm³/mol. The normalized spacial score (nSPS) is 15.3. The zero-order chi connectivity index (χ0) is 17.7. The number of halogens is 1. The average Bonchev–Trinajstić information content (AvgIpc) is 2.86. The van der Waals surface area contributed by atoms with Crippen molar-refractivity contribution in [2.75, 3.05) is 12.3 Å². The Morgan fingerprint density at radius 3 is 2.64 bits per heavy atom. The first-order valence-electron chi connectivity index (χ1n) is 7.97. The number of hydrogen-bond donors (Lipinski definition) is 2. The number of amides is 3. The minimum atomic E-state index is -0.241. The minimum absolute atomic E-state index is 0. The van der Waals surface area contributed by atoms with E-state index in [1.54, 1.807) is 24.3 Å². The van der Waals surface area contributed by atoms with Crippen molar-refractivity contribution in [3.05, 3.63) is 35.4 Å². The quantitative estimate of drug-likeness (QED) is 0.751. The molecular weight excluding hydrogens is 362 g/mol. The van der Waals surface area contributed by atoms with E-state index in [4.69, 9.17) is 5.73 Å². The van der Waals surface area contributed by atoms with Crippen LogP contribution in [0, 0.1) is 5.92 Å². The van der Waals surface area contributed by atoms with Gasteiger partial charge in [0.2, 0.25) is 5.91 Å². The zero-order valence-electron chi connectivity index (χ0n) is 14.4. The van der Waals surface area contributed by atoms with Crippen molar-refractivity contribution < 1.29 is 14.4 Å². The van der Waals surface area contributed by atoms with Crippen molar-refractivity contribution in [2.24, 2.45) is 11.7 Å². The molecule has 0 radical (unpaired) electrons. The second-order valence-electron chi connectivity index (χ2n) is 6.27. The molecule has 138 valence electrons. The van der Waals surface area contributed by atoms with Crippen LogP contribution in [0.4, 0.5) is 4.79 Å². The van der Waals surface area contributed by atoms with Gasteiger partial charge in [-0.1, -0.05) is 37.7 Å². The summed E-state index contributed by atoms with van der Waals surface area (Å²) in [6, 6.07) is 6.91. The summed E-state index contributed by atoms with van der Waals surface area (Å²) < 4.78 is 0. The summed E-state index contributed by atoms with van der Waals surface area (Å²) in [7, 11) is 0. The monoisotopic (exact) mass is 385 g/mol. The second kappa shape index (κ2) is 9.79. The van der Waals surface area contributed by atoms with Crippen LogP contribution in [0.15, 0.2) is 24.3 Å². The molecule has 3 amide bonds. The molecule has 1 aromatic carbocycles. The van der Waals surface area contributed by atoms with Gasteiger partial charge >= 0.3 is 0 Å². The third kappa shape index (κ3) is 6.02. The van der Waals surface area contributed by atoms with E-state index in [9.17, 15) is 14.4 Å². The van der Waals surface area contributed by atoms with Crippen molar-refractivity contribution >= 4 is 41.2 Å². The fourth-order valence-corrected chi connectivity index (χ4v) is 3.30. The third-order valence-electron chi connectivity index (χ3n) is 3.75. The van der Waals surface area contributed by atoms with E-state index in [1.165, 1.54) is 4.90 Å². The van der Waals surface area contributed by atoms with E-state index >= 15 is 0 Å². The maximum atomic E-state index is 12.4. The highest BCUT2D eigenvalue weighted by atomic mass is 35.5. The van der Waals surface area contributed by atoms with Gasteiger partial charge in [0.05, 0.1) is 12.3 Å². The SMILES string of the molecule is CC(C)CC(CN)NC(=O)c1cccc(CN2C(=O)CSC2=O)c1.Cl. The highest BCUT2D eigenvalue weighted by molar-refractivity contribution is 8.14. The topological polar surface area (TPSA) is 92.5 Å². The average molecular weight is 386 g/mol. The Morgan fingerprint density at radius 1 is 1.36 bits per heavy atom. The molecule has 1 aromatic rings. The zero-order valence-corrected chi connectivity index (χ0v) is 16.0. The summed E-state index contributed by atoms with van der Waals surface area (Å²) in [5, 5.41) is 2.70.